The Morgan fingerprint density at radius 2 is 1.72 bits per heavy atom. The van der Waals surface area contributed by atoms with Gasteiger partial charge in [-0.1, -0.05) is 0 Å². The van der Waals surface area contributed by atoms with E-state index in [0.29, 0.717) is 10.2 Å². The molecule has 2 aromatic carbocycles. The van der Waals surface area contributed by atoms with Gasteiger partial charge >= 0.3 is 0 Å². The summed E-state index contributed by atoms with van der Waals surface area (Å²) >= 11 is 6.50. The number of hydrogen-bond donors (Lipinski definition) is 3. The number of fused-ring (bicyclic) bond motifs is 3. The Morgan fingerprint density at radius 3 is 2.40 bits per heavy atom. The molecule has 0 spiro atoms. The molecule has 0 saturated heterocycles. The number of halogens is 5. The summed E-state index contributed by atoms with van der Waals surface area (Å²) in [6.45, 7) is 0. The van der Waals surface area contributed by atoms with Gasteiger partial charge in [-0.15, -0.1) is 12.4 Å². The number of anilines is 1. The number of nitrogen functional groups attached to an aromatic ring is 1. The maximum atomic E-state index is 13.2. The second-order valence-corrected chi connectivity index (χ2v) is 7.22. The molecule has 0 bridgehead atoms. The normalized spacial score (nSPS) is 12.2. The summed E-state index contributed by atoms with van der Waals surface area (Å²) in [6.07, 6.45) is 3.36. The van der Waals surface area contributed by atoms with Crippen LogP contribution in [-0.4, -0.2) is 4.98 Å². The number of aryl methyl sites for hydroxylation is 2. The summed E-state index contributed by atoms with van der Waals surface area (Å²) < 4.78 is 27.0. The number of aromatic nitrogens is 1. The quantitative estimate of drug-likeness (QED) is 0.293. The molecule has 1 aromatic heterocycles. The van der Waals surface area contributed by atoms with Crippen LogP contribution in [0.5, 0.6) is 0 Å². The molecule has 0 unspecified atom stereocenters. The molecule has 4 N–H and O–H groups in total. The van der Waals surface area contributed by atoms with Gasteiger partial charge in [-0.25, -0.2) is 8.78 Å². The SMILES string of the molecule is Cl.Fc1cc(Br)c2[nH]c3c(c2c1)CCC3.NNc1ccc(F)cc1Br. The molecular formula is C17H16Br2ClF2N3. The van der Waals surface area contributed by atoms with Gasteiger partial charge in [-0.2, -0.15) is 0 Å². The van der Waals surface area contributed by atoms with Crippen LogP contribution in [0.25, 0.3) is 10.9 Å². The van der Waals surface area contributed by atoms with E-state index in [1.54, 1.807) is 12.1 Å². The molecule has 3 nitrogen and oxygen atoms in total. The van der Waals surface area contributed by atoms with Crippen LogP contribution in [0.4, 0.5) is 14.5 Å². The highest BCUT2D eigenvalue weighted by Crippen LogP contribution is 2.34. The van der Waals surface area contributed by atoms with E-state index < -0.39 is 0 Å². The van der Waals surface area contributed by atoms with Gasteiger partial charge in [-0.3, -0.25) is 5.84 Å². The zero-order chi connectivity index (χ0) is 17.3. The second kappa shape index (κ2) is 8.49. The van der Waals surface area contributed by atoms with Crippen molar-refractivity contribution >= 4 is 60.9 Å². The topological polar surface area (TPSA) is 53.8 Å². The molecule has 0 radical (unpaired) electrons. The van der Waals surface area contributed by atoms with Gasteiger partial charge in [0.25, 0.3) is 0 Å². The van der Waals surface area contributed by atoms with Gasteiger partial charge in [0.15, 0.2) is 0 Å². The molecule has 0 atom stereocenters. The number of nitrogens with two attached hydrogens (primary N) is 1. The molecule has 1 heterocycles. The van der Waals surface area contributed by atoms with Crippen molar-refractivity contribution in [2.45, 2.75) is 19.3 Å². The van der Waals surface area contributed by atoms with Gasteiger partial charge in [0, 0.05) is 20.0 Å². The Morgan fingerprint density at radius 1 is 1.00 bits per heavy atom. The van der Waals surface area contributed by atoms with Crippen molar-refractivity contribution in [2.75, 3.05) is 5.43 Å². The highest BCUT2D eigenvalue weighted by Gasteiger charge is 2.18. The van der Waals surface area contributed by atoms with Crippen molar-refractivity contribution < 1.29 is 8.78 Å². The number of rotatable bonds is 1. The maximum Gasteiger partial charge on any atom is 0.125 e. The minimum atomic E-state index is -0.286. The Kier molecular flexibility index (Phi) is 6.85. The van der Waals surface area contributed by atoms with Gasteiger partial charge < -0.3 is 10.4 Å². The number of hydrogen-bond acceptors (Lipinski definition) is 2. The maximum absolute atomic E-state index is 13.2. The van der Waals surface area contributed by atoms with Crippen molar-refractivity contribution in [1.29, 1.82) is 0 Å². The monoisotopic (exact) mass is 493 g/mol. The van der Waals surface area contributed by atoms with Crippen LogP contribution in [0.15, 0.2) is 39.3 Å². The molecule has 0 aliphatic heterocycles. The first-order valence-corrected chi connectivity index (χ1v) is 8.98. The van der Waals surface area contributed by atoms with Gasteiger partial charge in [0.1, 0.15) is 11.6 Å². The first-order chi connectivity index (χ1) is 11.5. The van der Waals surface area contributed by atoms with Crippen molar-refractivity contribution in [3.05, 3.63) is 62.2 Å². The van der Waals surface area contributed by atoms with Gasteiger partial charge in [0.05, 0.1) is 11.2 Å². The Balaban J connectivity index is 0.000000184. The molecule has 0 fully saturated rings. The summed E-state index contributed by atoms with van der Waals surface area (Å²) in [5.41, 5.74) is 6.70. The summed E-state index contributed by atoms with van der Waals surface area (Å²) in [6, 6.07) is 7.36. The molecule has 4 rings (SSSR count). The third-order valence-electron chi connectivity index (χ3n) is 3.96. The van der Waals surface area contributed by atoms with E-state index in [1.807, 2.05) is 0 Å². The van der Waals surface area contributed by atoms with Crippen LogP contribution < -0.4 is 11.3 Å². The number of benzene rings is 2. The summed E-state index contributed by atoms with van der Waals surface area (Å²) in [4.78, 5) is 3.36. The van der Waals surface area contributed by atoms with Gasteiger partial charge in [0.2, 0.25) is 0 Å². The van der Waals surface area contributed by atoms with Crippen LogP contribution in [-0.2, 0) is 12.8 Å². The number of aromatic amines is 1. The lowest BCUT2D eigenvalue weighted by Crippen LogP contribution is -2.07. The van der Waals surface area contributed by atoms with E-state index in [0.717, 1.165) is 28.2 Å². The molecule has 134 valence electrons. The fourth-order valence-electron chi connectivity index (χ4n) is 2.87. The minimum Gasteiger partial charge on any atom is -0.357 e. The van der Waals surface area contributed by atoms with Crippen molar-refractivity contribution in [3.8, 4) is 0 Å². The van der Waals surface area contributed by atoms with E-state index in [4.69, 9.17) is 5.84 Å². The molecule has 0 saturated carbocycles. The predicted octanol–water partition coefficient (Wildman–Crippen LogP) is 5.85. The molecule has 1 aliphatic rings. The van der Waals surface area contributed by atoms with Crippen LogP contribution in [0, 0.1) is 11.6 Å². The average molecular weight is 496 g/mol. The standard InChI is InChI=1S/C11H9BrFN.C6H6BrFN2.ClH/c12-9-5-6(13)4-8-7-2-1-3-10(7)14-11(8)9;7-5-3-4(8)1-2-6(5)10-9;/h4-5,14H,1-3H2;1-3,10H,9H2;1H. The number of hydrazine groups is 1. The molecule has 0 amide bonds. The zero-order valence-corrected chi connectivity index (χ0v) is 17.0. The largest absolute Gasteiger partial charge is 0.357 e. The fourth-order valence-corrected chi connectivity index (χ4v) is 3.87. The van der Waals surface area contributed by atoms with Crippen LogP contribution in [0.2, 0.25) is 0 Å². The molecule has 1 aliphatic carbocycles. The van der Waals surface area contributed by atoms with E-state index in [2.05, 4.69) is 42.3 Å². The van der Waals surface area contributed by atoms with Crippen LogP contribution >= 0.6 is 44.3 Å². The highest BCUT2D eigenvalue weighted by molar-refractivity contribution is 9.11. The van der Waals surface area contributed by atoms with E-state index in [1.165, 1.54) is 35.9 Å². The molecular weight excluding hydrogens is 479 g/mol. The lowest BCUT2D eigenvalue weighted by molar-refractivity contribution is 0.627. The average Bonchev–Trinajstić information content (AvgIpc) is 3.10. The minimum absolute atomic E-state index is 0. The lowest BCUT2D eigenvalue weighted by atomic mass is 10.1. The Bertz CT molecular complexity index is 899. The predicted molar refractivity (Wildman–Crippen MR) is 107 cm³/mol. The fraction of sp³-hybridized carbons (Fsp3) is 0.176. The van der Waals surface area contributed by atoms with Crippen molar-refractivity contribution in [1.82, 2.24) is 4.98 Å². The van der Waals surface area contributed by atoms with Crippen LogP contribution in [0.1, 0.15) is 17.7 Å². The second-order valence-electron chi connectivity index (χ2n) is 5.51. The van der Waals surface area contributed by atoms with E-state index in [-0.39, 0.29) is 24.0 Å². The Labute approximate surface area is 167 Å². The first kappa shape index (κ1) is 20.2. The highest BCUT2D eigenvalue weighted by atomic mass is 79.9. The lowest BCUT2D eigenvalue weighted by Gasteiger charge is -2.00. The summed E-state index contributed by atoms with van der Waals surface area (Å²) in [5, 5.41) is 1.05. The zero-order valence-electron chi connectivity index (χ0n) is 13.0. The molecule has 8 heteroatoms. The van der Waals surface area contributed by atoms with E-state index in [9.17, 15) is 8.78 Å². The molecule has 3 aromatic rings. The number of H-pyrrole nitrogens is 1. The van der Waals surface area contributed by atoms with Crippen molar-refractivity contribution in [2.24, 2.45) is 5.84 Å². The first-order valence-electron chi connectivity index (χ1n) is 7.39. The van der Waals surface area contributed by atoms with Crippen molar-refractivity contribution in [3.63, 3.8) is 0 Å². The van der Waals surface area contributed by atoms with Crippen LogP contribution in [0.3, 0.4) is 0 Å². The summed E-state index contributed by atoms with van der Waals surface area (Å²) in [5.74, 6) is 4.64. The van der Waals surface area contributed by atoms with Gasteiger partial charge in [-0.05, 0) is 87.0 Å². The Hall–Kier alpha value is -1.15. The smallest absolute Gasteiger partial charge is 0.125 e. The third-order valence-corrected chi connectivity index (χ3v) is 5.24. The van der Waals surface area contributed by atoms with E-state index >= 15 is 0 Å². The summed E-state index contributed by atoms with van der Waals surface area (Å²) in [7, 11) is 0. The third kappa shape index (κ3) is 4.34. The molecule has 25 heavy (non-hydrogen) atoms. The number of nitrogens with one attached hydrogen (secondary N) is 2.